The van der Waals surface area contributed by atoms with Crippen LogP contribution in [-0.2, 0) is 6.18 Å². The summed E-state index contributed by atoms with van der Waals surface area (Å²) in [5.41, 5.74) is -1.48. The Balaban J connectivity index is 3.32. The summed E-state index contributed by atoms with van der Waals surface area (Å²) in [7, 11) is 0. The molecule has 0 spiro atoms. The van der Waals surface area contributed by atoms with Crippen molar-refractivity contribution >= 4 is 15.9 Å². The minimum absolute atomic E-state index is 0.113. The number of halogens is 5. The van der Waals surface area contributed by atoms with E-state index in [9.17, 15) is 17.6 Å². The van der Waals surface area contributed by atoms with Crippen molar-refractivity contribution in [2.75, 3.05) is 0 Å². The Labute approximate surface area is 79.1 Å². The van der Waals surface area contributed by atoms with Crippen LogP contribution in [0.1, 0.15) is 5.56 Å². The maximum absolute atomic E-state index is 12.7. The molecule has 13 heavy (non-hydrogen) atoms. The first kappa shape index (κ1) is 10.3. The van der Waals surface area contributed by atoms with E-state index in [1.807, 2.05) is 0 Å². The van der Waals surface area contributed by atoms with Crippen LogP contribution in [0.5, 0.6) is 5.75 Å². The second-order valence-corrected chi connectivity index (χ2v) is 3.14. The molecule has 0 bridgehead atoms. The van der Waals surface area contributed by atoms with Crippen molar-refractivity contribution < 1.29 is 22.7 Å². The van der Waals surface area contributed by atoms with Gasteiger partial charge in [-0.25, -0.2) is 4.39 Å². The molecule has 0 amide bonds. The molecule has 0 radical (unpaired) electrons. The number of hydrogen-bond donors (Lipinski definition) is 1. The van der Waals surface area contributed by atoms with Gasteiger partial charge >= 0.3 is 6.18 Å². The summed E-state index contributed by atoms with van der Waals surface area (Å²) >= 11 is 2.69. The fourth-order valence-electron chi connectivity index (χ4n) is 0.755. The number of hydrogen-bond acceptors (Lipinski definition) is 1. The van der Waals surface area contributed by atoms with E-state index >= 15 is 0 Å². The van der Waals surface area contributed by atoms with E-state index in [1.54, 1.807) is 0 Å². The summed E-state index contributed by atoms with van der Waals surface area (Å²) in [5.74, 6) is -2.06. The predicted octanol–water partition coefficient (Wildman–Crippen LogP) is 3.31. The molecule has 0 aliphatic carbocycles. The minimum Gasteiger partial charge on any atom is -0.507 e. The Morgan fingerprint density at radius 1 is 1.23 bits per heavy atom. The van der Waals surface area contributed by atoms with Gasteiger partial charge in [-0.3, -0.25) is 0 Å². The van der Waals surface area contributed by atoms with Crippen LogP contribution in [0.25, 0.3) is 0 Å². The lowest BCUT2D eigenvalue weighted by Gasteiger charge is -2.08. The zero-order valence-electron chi connectivity index (χ0n) is 5.99. The molecule has 0 saturated carbocycles. The largest absolute Gasteiger partial charge is 0.507 e. The molecular weight excluding hydrogens is 256 g/mol. The Bertz CT molecular complexity index is 334. The average molecular weight is 259 g/mol. The fourth-order valence-corrected chi connectivity index (χ4v) is 1.07. The summed E-state index contributed by atoms with van der Waals surface area (Å²) in [6.07, 6.45) is -4.79. The van der Waals surface area contributed by atoms with Gasteiger partial charge in [-0.2, -0.15) is 13.2 Å². The molecule has 1 rings (SSSR count). The summed E-state index contributed by atoms with van der Waals surface area (Å²) < 4.78 is 48.5. The van der Waals surface area contributed by atoms with Gasteiger partial charge in [-0.1, -0.05) is 0 Å². The van der Waals surface area contributed by atoms with Crippen LogP contribution in [0.3, 0.4) is 0 Å². The van der Waals surface area contributed by atoms with Gasteiger partial charge < -0.3 is 5.11 Å². The van der Waals surface area contributed by atoms with Gasteiger partial charge in [0.05, 0.1) is 10.0 Å². The zero-order valence-corrected chi connectivity index (χ0v) is 7.58. The normalized spacial score (nSPS) is 11.8. The molecule has 0 heterocycles. The molecule has 1 nitrogen and oxygen atoms in total. The average Bonchev–Trinajstić information content (AvgIpc) is 1.94. The molecule has 0 aliphatic heterocycles. The Kier molecular flexibility index (Phi) is 2.51. The molecule has 0 saturated heterocycles. The molecule has 0 unspecified atom stereocenters. The highest BCUT2D eigenvalue weighted by atomic mass is 79.9. The third-order valence-corrected chi connectivity index (χ3v) is 1.98. The monoisotopic (exact) mass is 258 g/mol. The van der Waals surface area contributed by atoms with E-state index in [2.05, 4.69) is 15.9 Å². The highest BCUT2D eigenvalue weighted by Gasteiger charge is 2.34. The molecule has 1 aromatic carbocycles. The molecule has 0 aromatic heterocycles. The standard InChI is InChI=1S/C7H3BrF4O/c8-4-2-5(9)3(1-6(4)13)7(10,11)12/h1-2,13H. The minimum atomic E-state index is -4.79. The second kappa shape index (κ2) is 3.17. The predicted molar refractivity (Wildman–Crippen MR) is 40.8 cm³/mol. The van der Waals surface area contributed by atoms with Gasteiger partial charge in [0, 0.05) is 0 Å². The van der Waals surface area contributed by atoms with Gasteiger partial charge in [0.25, 0.3) is 0 Å². The van der Waals surface area contributed by atoms with E-state index in [0.717, 1.165) is 0 Å². The third kappa shape index (κ3) is 2.12. The summed E-state index contributed by atoms with van der Waals surface area (Å²) in [4.78, 5) is 0. The van der Waals surface area contributed by atoms with Gasteiger partial charge in [-0.05, 0) is 28.1 Å². The molecule has 1 N–H and O–H groups in total. The SMILES string of the molecule is Oc1cc(C(F)(F)F)c(F)cc1Br. The molecule has 0 atom stereocenters. The smallest absolute Gasteiger partial charge is 0.419 e. The van der Waals surface area contributed by atoms with Crippen molar-refractivity contribution in [1.82, 2.24) is 0 Å². The third-order valence-electron chi connectivity index (χ3n) is 1.34. The molecule has 1 aromatic rings. The van der Waals surface area contributed by atoms with Crippen LogP contribution in [0.15, 0.2) is 16.6 Å². The van der Waals surface area contributed by atoms with Gasteiger partial charge in [-0.15, -0.1) is 0 Å². The fraction of sp³-hybridized carbons (Fsp3) is 0.143. The molecule has 0 fully saturated rings. The molecule has 0 aliphatic rings. The van der Waals surface area contributed by atoms with Crippen LogP contribution < -0.4 is 0 Å². The van der Waals surface area contributed by atoms with Crippen molar-refractivity contribution in [3.63, 3.8) is 0 Å². The van der Waals surface area contributed by atoms with Crippen LogP contribution in [0.2, 0.25) is 0 Å². The number of alkyl halides is 3. The Hall–Kier alpha value is -0.780. The van der Waals surface area contributed by atoms with Crippen molar-refractivity contribution in [2.24, 2.45) is 0 Å². The van der Waals surface area contributed by atoms with E-state index in [-0.39, 0.29) is 4.47 Å². The van der Waals surface area contributed by atoms with E-state index in [1.165, 1.54) is 0 Å². The quantitative estimate of drug-likeness (QED) is 0.708. The van der Waals surface area contributed by atoms with Crippen LogP contribution >= 0.6 is 15.9 Å². The summed E-state index contributed by atoms with van der Waals surface area (Å²) in [6.45, 7) is 0. The maximum atomic E-state index is 12.7. The van der Waals surface area contributed by atoms with Gasteiger partial charge in [0.2, 0.25) is 0 Å². The van der Waals surface area contributed by atoms with Crippen molar-refractivity contribution in [3.8, 4) is 5.75 Å². The Morgan fingerprint density at radius 2 is 1.77 bits per heavy atom. The first-order chi connectivity index (χ1) is 5.82. The first-order valence-corrected chi connectivity index (χ1v) is 3.87. The number of phenols is 1. The molecule has 6 heteroatoms. The van der Waals surface area contributed by atoms with Crippen molar-refractivity contribution in [1.29, 1.82) is 0 Å². The number of aromatic hydroxyl groups is 1. The lowest BCUT2D eigenvalue weighted by atomic mass is 10.2. The maximum Gasteiger partial charge on any atom is 0.419 e. The highest BCUT2D eigenvalue weighted by Crippen LogP contribution is 2.36. The summed E-state index contributed by atoms with van der Waals surface area (Å²) in [6, 6.07) is 0.900. The van der Waals surface area contributed by atoms with Gasteiger partial charge in [0.15, 0.2) is 0 Å². The number of benzene rings is 1. The molecular formula is C7H3BrF4O. The lowest BCUT2D eigenvalue weighted by Crippen LogP contribution is -2.07. The van der Waals surface area contributed by atoms with Crippen molar-refractivity contribution in [3.05, 3.63) is 28.0 Å². The lowest BCUT2D eigenvalue weighted by molar-refractivity contribution is -0.140. The van der Waals surface area contributed by atoms with E-state index in [0.29, 0.717) is 12.1 Å². The number of rotatable bonds is 0. The van der Waals surface area contributed by atoms with E-state index < -0.39 is 23.3 Å². The van der Waals surface area contributed by atoms with Crippen LogP contribution in [0.4, 0.5) is 17.6 Å². The summed E-state index contributed by atoms with van der Waals surface area (Å²) in [5, 5.41) is 8.87. The number of phenolic OH excluding ortho intramolecular Hbond substituents is 1. The highest BCUT2D eigenvalue weighted by molar-refractivity contribution is 9.10. The topological polar surface area (TPSA) is 20.2 Å². The Morgan fingerprint density at radius 3 is 2.23 bits per heavy atom. The zero-order chi connectivity index (χ0) is 10.2. The molecule has 72 valence electrons. The van der Waals surface area contributed by atoms with Crippen LogP contribution in [-0.4, -0.2) is 5.11 Å². The van der Waals surface area contributed by atoms with E-state index in [4.69, 9.17) is 5.11 Å². The first-order valence-electron chi connectivity index (χ1n) is 3.07. The van der Waals surface area contributed by atoms with Crippen molar-refractivity contribution in [2.45, 2.75) is 6.18 Å². The second-order valence-electron chi connectivity index (χ2n) is 2.28. The van der Waals surface area contributed by atoms with Crippen LogP contribution in [0, 0.1) is 5.82 Å². The van der Waals surface area contributed by atoms with Gasteiger partial charge in [0.1, 0.15) is 11.6 Å².